The molecule has 1 aromatic heterocycles. The number of aryl methyl sites for hydroxylation is 1. The van der Waals surface area contributed by atoms with E-state index in [0.717, 1.165) is 5.56 Å². The average molecular weight is 352 g/mol. The molecular weight excluding hydrogens is 336 g/mol. The van der Waals surface area contributed by atoms with Crippen molar-refractivity contribution in [3.8, 4) is 17.1 Å². The van der Waals surface area contributed by atoms with Crippen molar-refractivity contribution in [3.05, 3.63) is 76.0 Å². The lowest BCUT2D eigenvalue weighted by molar-refractivity contribution is -0.384. The molecule has 1 amide bonds. The van der Waals surface area contributed by atoms with E-state index in [4.69, 9.17) is 9.15 Å². The van der Waals surface area contributed by atoms with Crippen LogP contribution in [0.3, 0.4) is 0 Å². The maximum absolute atomic E-state index is 12.3. The van der Waals surface area contributed by atoms with Gasteiger partial charge in [-0.2, -0.15) is 0 Å². The molecule has 26 heavy (non-hydrogen) atoms. The van der Waals surface area contributed by atoms with Crippen LogP contribution in [0.15, 0.2) is 59.0 Å². The van der Waals surface area contributed by atoms with Gasteiger partial charge in [-0.3, -0.25) is 14.9 Å². The van der Waals surface area contributed by atoms with Gasteiger partial charge in [-0.15, -0.1) is 0 Å². The Morgan fingerprint density at radius 2 is 1.85 bits per heavy atom. The van der Waals surface area contributed by atoms with Crippen LogP contribution < -0.4 is 10.1 Å². The molecule has 0 spiro atoms. The minimum atomic E-state index is -0.521. The van der Waals surface area contributed by atoms with Crippen molar-refractivity contribution in [2.24, 2.45) is 0 Å². The topological polar surface area (TPSA) is 94.6 Å². The van der Waals surface area contributed by atoms with Gasteiger partial charge in [0.25, 0.3) is 11.6 Å². The number of ether oxygens (including phenoxy) is 1. The fourth-order valence-corrected chi connectivity index (χ4v) is 2.43. The van der Waals surface area contributed by atoms with E-state index < -0.39 is 10.8 Å². The molecule has 1 heterocycles. The van der Waals surface area contributed by atoms with E-state index in [1.54, 1.807) is 18.2 Å². The number of nitrogens with one attached hydrogen (secondary N) is 1. The van der Waals surface area contributed by atoms with Gasteiger partial charge < -0.3 is 14.5 Å². The highest BCUT2D eigenvalue weighted by molar-refractivity contribution is 6.02. The number of furan rings is 1. The summed E-state index contributed by atoms with van der Waals surface area (Å²) in [5.74, 6) is 0.222. The number of anilines is 1. The molecule has 7 nitrogen and oxygen atoms in total. The number of hydrogen-bond acceptors (Lipinski definition) is 5. The van der Waals surface area contributed by atoms with Crippen LogP contribution in [-0.2, 0) is 0 Å². The molecule has 3 rings (SSSR count). The Bertz CT molecular complexity index is 960. The molecule has 3 aromatic rings. The first-order chi connectivity index (χ1) is 12.5. The van der Waals surface area contributed by atoms with Crippen LogP contribution in [0.4, 0.5) is 11.4 Å². The largest absolute Gasteiger partial charge is 0.497 e. The molecular formula is C19H16N2O5. The number of benzene rings is 2. The summed E-state index contributed by atoms with van der Waals surface area (Å²) in [5, 5.41) is 14.0. The van der Waals surface area contributed by atoms with Crippen molar-refractivity contribution in [3.63, 3.8) is 0 Å². The van der Waals surface area contributed by atoms with Crippen LogP contribution >= 0.6 is 0 Å². The Morgan fingerprint density at radius 1 is 1.12 bits per heavy atom. The lowest BCUT2D eigenvalue weighted by Crippen LogP contribution is -2.10. The van der Waals surface area contributed by atoms with Crippen LogP contribution in [0, 0.1) is 17.0 Å². The van der Waals surface area contributed by atoms with Gasteiger partial charge in [0, 0.05) is 5.69 Å². The number of methoxy groups -OCH3 is 1. The van der Waals surface area contributed by atoms with Gasteiger partial charge in [0.2, 0.25) is 0 Å². The quantitative estimate of drug-likeness (QED) is 0.541. The van der Waals surface area contributed by atoms with Crippen molar-refractivity contribution < 1.29 is 18.9 Å². The molecule has 0 aliphatic carbocycles. The normalized spacial score (nSPS) is 10.4. The molecule has 7 heteroatoms. The monoisotopic (exact) mass is 352 g/mol. The van der Waals surface area contributed by atoms with Gasteiger partial charge in [0.15, 0.2) is 5.76 Å². The molecule has 0 unspecified atom stereocenters. The highest BCUT2D eigenvalue weighted by Crippen LogP contribution is 2.34. The number of nitro benzene ring substituents is 1. The van der Waals surface area contributed by atoms with E-state index >= 15 is 0 Å². The van der Waals surface area contributed by atoms with Crippen LogP contribution in [0.5, 0.6) is 5.75 Å². The molecule has 0 saturated heterocycles. The number of amides is 1. The molecule has 0 saturated carbocycles. The van der Waals surface area contributed by atoms with E-state index in [1.807, 2.05) is 19.1 Å². The molecule has 0 radical (unpaired) electrons. The third-order valence-corrected chi connectivity index (χ3v) is 3.81. The Kier molecular flexibility index (Phi) is 4.70. The summed E-state index contributed by atoms with van der Waals surface area (Å²) in [6, 6.07) is 14.8. The van der Waals surface area contributed by atoms with Crippen LogP contribution in [0.25, 0.3) is 11.3 Å². The van der Waals surface area contributed by atoms with E-state index in [9.17, 15) is 14.9 Å². The second kappa shape index (κ2) is 7.10. The average Bonchev–Trinajstić information content (AvgIpc) is 3.13. The number of rotatable bonds is 5. The van der Waals surface area contributed by atoms with E-state index in [1.165, 1.54) is 31.4 Å². The SMILES string of the molecule is COc1ccc(-c2ccc(C(=O)Nc3ccc(C)cc3)o2)c([N+](=O)[O-])c1. The predicted octanol–water partition coefficient (Wildman–Crippen LogP) is 4.42. The Morgan fingerprint density at radius 3 is 2.50 bits per heavy atom. The van der Waals surface area contributed by atoms with Gasteiger partial charge in [0.1, 0.15) is 11.5 Å². The molecule has 1 N–H and O–H groups in total. The summed E-state index contributed by atoms with van der Waals surface area (Å²) >= 11 is 0. The highest BCUT2D eigenvalue weighted by atomic mass is 16.6. The number of nitro groups is 1. The van der Waals surface area contributed by atoms with E-state index in [2.05, 4.69) is 5.32 Å². The summed E-state index contributed by atoms with van der Waals surface area (Å²) in [6.07, 6.45) is 0. The summed E-state index contributed by atoms with van der Waals surface area (Å²) in [4.78, 5) is 23.1. The smallest absolute Gasteiger partial charge is 0.291 e. The lowest BCUT2D eigenvalue weighted by Gasteiger charge is -2.04. The lowest BCUT2D eigenvalue weighted by atomic mass is 10.1. The van der Waals surface area contributed by atoms with Crippen molar-refractivity contribution in [2.45, 2.75) is 6.92 Å². The Labute approximate surface area is 149 Å². The molecule has 0 aliphatic heterocycles. The molecule has 0 fully saturated rings. The standard InChI is InChI=1S/C19H16N2O5/c1-12-3-5-13(6-4-12)20-19(22)18-10-9-17(26-18)15-8-7-14(25-2)11-16(15)21(23)24/h3-11H,1-2H3,(H,20,22). The third-order valence-electron chi connectivity index (χ3n) is 3.81. The second-order valence-electron chi connectivity index (χ2n) is 5.62. The predicted molar refractivity (Wildman–Crippen MR) is 96.5 cm³/mol. The third kappa shape index (κ3) is 3.56. The van der Waals surface area contributed by atoms with Gasteiger partial charge >= 0.3 is 0 Å². The summed E-state index contributed by atoms with van der Waals surface area (Å²) < 4.78 is 10.5. The van der Waals surface area contributed by atoms with E-state index in [0.29, 0.717) is 11.4 Å². The van der Waals surface area contributed by atoms with Gasteiger partial charge in [-0.1, -0.05) is 17.7 Å². The summed E-state index contributed by atoms with van der Waals surface area (Å²) in [7, 11) is 1.43. The maximum atomic E-state index is 12.3. The number of carbonyl (C=O) groups is 1. The summed E-state index contributed by atoms with van der Waals surface area (Å²) in [5.41, 5.74) is 1.82. The van der Waals surface area contributed by atoms with E-state index in [-0.39, 0.29) is 22.8 Å². The van der Waals surface area contributed by atoms with Crippen molar-refractivity contribution >= 4 is 17.3 Å². The molecule has 0 atom stereocenters. The molecule has 132 valence electrons. The first-order valence-corrected chi connectivity index (χ1v) is 7.78. The molecule has 2 aromatic carbocycles. The molecule has 0 bridgehead atoms. The van der Waals surface area contributed by atoms with Crippen molar-refractivity contribution in [2.75, 3.05) is 12.4 Å². The van der Waals surface area contributed by atoms with Crippen molar-refractivity contribution in [1.29, 1.82) is 0 Å². The minimum absolute atomic E-state index is 0.0608. The molecule has 0 aliphatic rings. The first-order valence-electron chi connectivity index (χ1n) is 7.78. The van der Waals surface area contributed by atoms with Gasteiger partial charge in [-0.05, 0) is 43.3 Å². The highest BCUT2D eigenvalue weighted by Gasteiger charge is 2.21. The first kappa shape index (κ1) is 17.2. The zero-order valence-electron chi connectivity index (χ0n) is 14.2. The second-order valence-corrected chi connectivity index (χ2v) is 5.62. The minimum Gasteiger partial charge on any atom is -0.497 e. The van der Waals surface area contributed by atoms with Crippen LogP contribution in [0.2, 0.25) is 0 Å². The number of nitrogens with zero attached hydrogens (tertiary/aromatic N) is 1. The van der Waals surface area contributed by atoms with Crippen molar-refractivity contribution in [1.82, 2.24) is 0 Å². The van der Waals surface area contributed by atoms with Crippen LogP contribution in [-0.4, -0.2) is 17.9 Å². The number of hydrogen-bond donors (Lipinski definition) is 1. The van der Waals surface area contributed by atoms with Gasteiger partial charge in [-0.25, -0.2) is 0 Å². The van der Waals surface area contributed by atoms with Crippen LogP contribution in [0.1, 0.15) is 16.1 Å². The fraction of sp³-hybridized carbons (Fsp3) is 0.105. The maximum Gasteiger partial charge on any atom is 0.291 e. The Balaban J connectivity index is 1.86. The van der Waals surface area contributed by atoms with Gasteiger partial charge in [0.05, 0.1) is 23.7 Å². The zero-order chi connectivity index (χ0) is 18.7. The fourth-order valence-electron chi connectivity index (χ4n) is 2.43. The zero-order valence-corrected chi connectivity index (χ0v) is 14.2. The Hall–Kier alpha value is -3.61. The summed E-state index contributed by atoms with van der Waals surface area (Å²) in [6.45, 7) is 1.95. The number of carbonyl (C=O) groups excluding carboxylic acids is 1.